The maximum absolute atomic E-state index is 9.41. The van der Waals surface area contributed by atoms with Crippen LogP contribution in [0.5, 0.6) is 0 Å². The van der Waals surface area contributed by atoms with Gasteiger partial charge >= 0.3 is 0 Å². The summed E-state index contributed by atoms with van der Waals surface area (Å²) in [5.74, 6) is 0. The number of nitrogens with one attached hydrogen (secondary N) is 1. The van der Waals surface area contributed by atoms with E-state index < -0.39 is 0 Å². The van der Waals surface area contributed by atoms with Crippen molar-refractivity contribution in [3.05, 3.63) is 34.9 Å². The molecule has 1 saturated carbocycles. The molecule has 3 rings (SSSR count). The number of aliphatic hydroxyl groups excluding tert-OH is 1. The highest BCUT2D eigenvalue weighted by Gasteiger charge is 2.35. The fourth-order valence-corrected chi connectivity index (χ4v) is 3.02. The number of aryl methyl sites for hydroxylation is 2. The first-order valence-corrected chi connectivity index (χ1v) is 6.78. The summed E-state index contributed by atoms with van der Waals surface area (Å²) in [6.45, 7) is 1.17. The Morgan fingerprint density at radius 3 is 2.65 bits per heavy atom. The van der Waals surface area contributed by atoms with E-state index in [4.69, 9.17) is 0 Å². The third kappa shape index (κ3) is 2.12. The van der Waals surface area contributed by atoms with Crippen LogP contribution in [0.1, 0.15) is 42.4 Å². The number of rotatable bonds is 4. The van der Waals surface area contributed by atoms with Gasteiger partial charge in [0.1, 0.15) is 0 Å². The van der Waals surface area contributed by atoms with Crippen LogP contribution in [0.25, 0.3) is 0 Å². The van der Waals surface area contributed by atoms with Crippen LogP contribution >= 0.6 is 0 Å². The molecule has 0 aromatic heterocycles. The van der Waals surface area contributed by atoms with Crippen LogP contribution in [0.4, 0.5) is 0 Å². The van der Waals surface area contributed by atoms with E-state index in [1.54, 1.807) is 0 Å². The Labute approximate surface area is 103 Å². The van der Waals surface area contributed by atoms with Gasteiger partial charge in [-0.25, -0.2) is 0 Å². The predicted octanol–water partition coefficient (Wildman–Crippen LogP) is 2.18. The van der Waals surface area contributed by atoms with E-state index in [0.29, 0.717) is 0 Å². The molecule has 0 bridgehead atoms. The number of fused-ring (bicyclic) bond motifs is 1. The summed E-state index contributed by atoms with van der Waals surface area (Å²) in [6.07, 6.45) is 7.30. The second kappa shape index (κ2) is 4.43. The molecular formula is C15H21NO. The lowest BCUT2D eigenvalue weighted by Crippen LogP contribution is -2.53. The van der Waals surface area contributed by atoms with Crippen LogP contribution in [0.3, 0.4) is 0 Å². The Bertz CT molecular complexity index is 404. The smallest absolute Gasteiger partial charge is 0.0613 e. The van der Waals surface area contributed by atoms with E-state index in [2.05, 4.69) is 23.5 Å². The molecule has 0 heterocycles. The van der Waals surface area contributed by atoms with Gasteiger partial charge in [-0.15, -0.1) is 0 Å². The topological polar surface area (TPSA) is 32.3 Å². The van der Waals surface area contributed by atoms with Crippen molar-refractivity contribution in [2.45, 2.75) is 50.6 Å². The quantitative estimate of drug-likeness (QED) is 0.832. The normalized spacial score (nSPS) is 21.0. The monoisotopic (exact) mass is 231 g/mol. The van der Waals surface area contributed by atoms with Gasteiger partial charge < -0.3 is 10.4 Å². The van der Waals surface area contributed by atoms with Crippen LogP contribution in [0, 0.1) is 0 Å². The lowest BCUT2D eigenvalue weighted by atomic mass is 9.77. The molecule has 0 radical (unpaired) electrons. The second-order valence-electron chi connectivity index (χ2n) is 5.60. The zero-order valence-corrected chi connectivity index (χ0v) is 10.3. The van der Waals surface area contributed by atoms with Gasteiger partial charge in [0, 0.05) is 12.1 Å². The molecule has 0 spiro atoms. The number of benzene rings is 1. The minimum atomic E-state index is 0.0268. The molecule has 1 fully saturated rings. The van der Waals surface area contributed by atoms with Gasteiger partial charge in [-0.1, -0.05) is 18.2 Å². The van der Waals surface area contributed by atoms with Crippen molar-refractivity contribution in [3.63, 3.8) is 0 Å². The molecule has 92 valence electrons. The maximum atomic E-state index is 9.41. The Morgan fingerprint density at radius 2 is 1.94 bits per heavy atom. The first-order chi connectivity index (χ1) is 8.31. The molecule has 17 heavy (non-hydrogen) atoms. The predicted molar refractivity (Wildman–Crippen MR) is 69.0 cm³/mol. The molecule has 0 aliphatic heterocycles. The number of aliphatic hydroxyl groups is 1. The largest absolute Gasteiger partial charge is 0.394 e. The lowest BCUT2D eigenvalue weighted by Gasteiger charge is -2.41. The molecule has 2 aliphatic carbocycles. The molecular weight excluding hydrogens is 210 g/mol. The van der Waals surface area contributed by atoms with E-state index in [-0.39, 0.29) is 12.1 Å². The minimum absolute atomic E-state index is 0.0268. The van der Waals surface area contributed by atoms with Crippen molar-refractivity contribution >= 4 is 0 Å². The van der Waals surface area contributed by atoms with Crippen molar-refractivity contribution in [3.8, 4) is 0 Å². The van der Waals surface area contributed by atoms with E-state index in [9.17, 15) is 5.11 Å². The van der Waals surface area contributed by atoms with Gasteiger partial charge in [0.2, 0.25) is 0 Å². The zero-order valence-electron chi connectivity index (χ0n) is 10.3. The van der Waals surface area contributed by atoms with E-state index in [1.807, 2.05) is 0 Å². The zero-order chi connectivity index (χ0) is 11.7. The summed E-state index contributed by atoms with van der Waals surface area (Å²) >= 11 is 0. The van der Waals surface area contributed by atoms with Crippen molar-refractivity contribution in [2.24, 2.45) is 0 Å². The Kier molecular flexibility index (Phi) is 2.93. The van der Waals surface area contributed by atoms with Gasteiger partial charge in [-0.2, -0.15) is 0 Å². The van der Waals surface area contributed by atoms with Gasteiger partial charge in [-0.05, 0) is 55.2 Å². The molecule has 1 aromatic rings. The average molecular weight is 231 g/mol. The van der Waals surface area contributed by atoms with Gasteiger partial charge in [0.05, 0.1) is 6.61 Å². The van der Waals surface area contributed by atoms with Gasteiger partial charge in [0.15, 0.2) is 0 Å². The molecule has 0 atom stereocenters. The third-order valence-corrected chi connectivity index (χ3v) is 4.44. The molecule has 2 nitrogen and oxygen atoms in total. The molecule has 0 unspecified atom stereocenters. The summed E-state index contributed by atoms with van der Waals surface area (Å²) < 4.78 is 0. The Hall–Kier alpha value is -0.860. The summed E-state index contributed by atoms with van der Waals surface area (Å²) in [4.78, 5) is 0. The standard InChI is InChI=1S/C15H21NO/c17-11-15(7-2-8-15)16-10-12-5-6-13-3-1-4-14(13)9-12/h5-6,9,16-17H,1-4,7-8,10-11H2. The minimum Gasteiger partial charge on any atom is -0.394 e. The Morgan fingerprint density at radius 1 is 1.12 bits per heavy atom. The first kappa shape index (κ1) is 11.2. The van der Waals surface area contributed by atoms with Gasteiger partial charge in [0.25, 0.3) is 0 Å². The van der Waals surface area contributed by atoms with Crippen LogP contribution in [-0.4, -0.2) is 17.3 Å². The molecule has 0 saturated heterocycles. The second-order valence-corrected chi connectivity index (χ2v) is 5.60. The highest BCUT2D eigenvalue weighted by atomic mass is 16.3. The third-order valence-electron chi connectivity index (χ3n) is 4.44. The molecule has 1 aromatic carbocycles. The first-order valence-electron chi connectivity index (χ1n) is 6.78. The van der Waals surface area contributed by atoms with Crippen LogP contribution in [-0.2, 0) is 19.4 Å². The van der Waals surface area contributed by atoms with E-state index >= 15 is 0 Å². The summed E-state index contributed by atoms with van der Waals surface area (Å²) in [7, 11) is 0. The van der Waals surface area contributed by atoms with Crippen LogP contribution < -0.4 is 5.32 Å². The van der Waals surface area contributed by atoms with Crippen molar-refractivity contribution in [1.82, 2.24) is 5.32 Å². The average Bonchev–Trinajstić information content (AvgIpc) is 2.75. The summed E-state index contributed by atoms with van der Waals surface area (Å²) in [5.41, 5.74) is 4.47. The Balaban J connectivity index is 1.65. The molecule has 0 amide bonds. The highest BCUT2D eigenvalue weighted by molar-refractivity contribution is 5.35. The molecule has 2 aliphatic rings. The number of hydrogen-bond donors (Lipinski definition) is 2. The summed E-state index contributed by atoms with van der Waals surface area (Å²) in [5, 5.41) is 12.9. The molecule has 2 heteroatoms. The van der Waals surface area contributed by atoms with E-state index in [1.165, 1.54) is 42.4 Å². The fourth-order valence-electron chi connectivity index (χ4n) is 3.02. The van der Waals surface area contributed by atoms with Crippen molar-refractivity contribution in [1.29, 1.82) is 0 Å². The van der Waals surface area contributed by atoms with Crippen LogP contribution in [0.15, 0.2) is 18.2 Å². The maximum Gasteiger partial charge on any atom is 0.0613 e. The van der Waals surface area contributed by atoms with E-state index in [0.717, 1.165) is 19.4 Å². The lowest BCUT2D eigenvalue weighted by molar-refractivity contribution is 0.0872. The SMILES string of the molecule is OCC1(NCc2ccc3c(c2)CCC3)CCC1. The van der Waals surface area contributed by atoms with Crippen molar-refractivity contribution in [2.75, 3.05) is 6.61 Å². The van der Waals surface area contributed by atoms with Crippen LogP contribution in [0.2, 0.25) is 0 Å². The fraction of sp³-hybridized carbons (Fsp3) is 0.600. The highest BCUT2D eigenvalue weighted by Crippen LogP contribution is 2.31. The van der Waals surface area contributed by atoms with Gasteiger partial charge in [-0.3, -0.25) is 0 Å². The van der Waals surface area contributed by atoms with Crippen molar-refractivity contribution < 1.29 is 5.11 Å². The number of hydrogen-bond acceptors (Lipinski definition) is 2. The summed E-state index contributed by atoms with van der Waals surface area (Å²) in [6, 6.07) is 6.87. The molecule has 2 N–H and O–H groups in total.